The predicted molar refractivity (Wildman–Crippen MR) is 101 cm³/mol. The predicted octanol–water partition coefficient (Wildman–Crippen LogP) is 2.20. The maximum atomic E-state index is 12.8. The van der Waals surface area contributed by atoms with Crippen molar-refractivity contribution in [1.82, 2.24) is 34.3 Å². The lowest BCUT2D eigenvalue weighted by Crippen LogP contribution is -2.22. The van der Waals surface area contributed by atoms with E-state index >= 15 is 0 Å². The first-order valence-corrected chi connectivity index (χ1v) is 8.94. The molecule has 0 bridgehead atoms. The zero-order valence-corrected chi connectivity index (χ0v) is 15.2. The molecule has 4 rings (SSSR count). The van der Waals surface area contributed by atoms with Crippen LogP contribution in [0, 0.1) is 3.95 Å². The molecule has 0 unspecified atom stereocenters. The summed E-state index contributed by atoms with van der Waals surface area (Å²) in [5, 5.41) is 11.8. The summed E-state index contributed by atoms with van der Waals surface area (Å²) < 4.78 is 5.98. The van der Waals surface area contributed by atoms with Crippen LogP contribution >= 0.6 is 23.6 Å². The van der Waals surface area contributed by atoms with E-state index in [-0.39, 0.29) is 12.1 Å². The van der Waals surface area contributed by atoms with Crippen molar-refractivity contribution < 1.29 is 0 Å². The Labute approximate surface area is 156 Å². The zero-order chi connectivity index (χ0) is 18.1. The molecular formula is C16H13N7OS2. The third-order valence-electron chi connectivity index (χ3n) is 3.80. The number of hydrogen-bond donors (Lipinski definition) is 0. The van der Waals surface area contributed by atoms with Gasteiger partial charge in [0.15, 0.2) is 15.4 Å². The summed E-state index contributed by atoms with van der Waals surface area (Å²) in [7, 11) is 0. The van der Waals surface area contributed by atoms with Crippen LogP contribution in [0.3, 0.4) is 0 Å². The molecule has 0 aliphatic carbocycles. The van der Waals surface area contributed by atoms with Gasteiger partial charge in [-0.25, -0.2) is 4.98 Å². The average molecular weight is 383 g/mol. The third-order valence-corrected chi connectivity index (χ3v) is 5.23. The molecule has 130 valence electrons. The van der Waals surface area contributed by atoms with Crippen LogP contribution in [0.15, 0.2) is 54.1 Å². The Balaban J connectivity index is 1.77. The Morgan fingerprint density at radius 1 is 1.27 bits per heavy atom. The lowest BCUT2D eigenvalue weighted by molar-refractivity contribution is 0.673. The lowest BCUT2D eigenvalue weighted by Gasteiger charge is -2.07. The van der Waals surface area contributed by atoms with E-state index < -0.39 is 0 Å². The number of fused-ring (bicyclic) bond motifs is 1. The molecule has 0 radical (unpaired) electrons. The van der Waals surface area contributed by atoms with Gasteiger partial charge < -0.3 is 4.57 Å². The Kier molecular flexibility index (Phi) is 4.27. The molecule has 3 aromatic heterocycles. The number of benzene rings is 1. The minimum atomic E-state index is -0.170. The number of allylic oxidation sites excluding steroid dienone is 1. The van der Waals surface area contributed by atoms with Gasteiger partial charge in [-0.2, -0.15) is 4.68 Å². The molecule has 0 saturated carbocycles. The summed E-state index contributed by atoms with van der Waals surface area (Å²) in [5.41, 5.74) is 1.22. The molecule has 10 heteroatoms. The highest BCUT2D eigenvalue weighted by atomic mass is 32.1. The van der Waals surface area contributed by atoms with Crippen molar-refractivity contribution in [2.45, 2.75) is 13.1 Å². The maximum absolute atomic E-state index is 12.8. The number of rotatable bonds is 5. The molecule has 0 spiro atoms. The second kappa shape index (κ2) is 6.73. The smallest absolute Gasteiger partial charge is 0.273 e. The van der Waals surface area contributed by atoms with Crippen LogP contribution in [0.25, 0.3) is 16.0 Å². The van der Waals surface area contributed by atoms with Crippen LogP contribution in [-0.2, 0) is 13.1 Å². The van der Waals surface area contributed by atoms with E-state index in [1.807, 2.05) is 30.3 Å². The molecular weight excluding hydrogens is 370 g/mol. The van der Waals surface area contributed by atoms with E-state index in [0.717, 1.165) is 5.69 Å². The number of tetrazole rings is 1. The number of para-hydroxylation sites is 1. The number of nitrogens with zero attached hydrogens (tertiary/aromatic N) is 7. The molecule has 0 N–H and O–H groups in total. The molecule has 0 saturated heterocycles. The SMILES string of the molecule is C=CCn1c(=S)sc2c(=O)n(Cc3nnnn3-c3ccccc3)cnc21. The van der Waals surface area contributed by atoms with Gasteiger partial charge in [0.1, 0.15) is 11.0 Å². The van der Waals surface area contributed by atoms with Crippen molar-refractivity contribution >= 4 is 33.9 Å². The van der Waals surface area contributed by atoms with Crippen LogP contribution in [0.5, 0.6) is 0 Å². The van der Waals surface area contributed by atoms with Gasteiger partial charge in [-0.05, 0) is 34.8 Å². The summed E-state index contributed by atoms with van der Waals surface area (Å²) in [6.45, 7) is 4.43. The van der Waals surface area contributed by atoms with E-state index in [9.17, 15) is 4.79 Å². The van der Waals surface area contributed by atoms with Crippen molar-refractivity contribution in [3.05, 3.63) is 69.4 Å². The first-order chi connectivity index (χ1) is 12.7. The number of hydrogen-bond acceptors (Lipinski definition) is 7. The topological polar surface area (TPSA) is 83.4 Å². The molecule has 0 amide bonds. The van der Waals surface area contributed by atoms with Gasteiger partial charge in [0.2, 0.25) is 0 Å². The molecule has 3 heterocycles. The Bertz CT molecular complexity index is 1200. The second-order valence-corrected chi connectivity index (χ2v) is 7.08. The first-order valence-electron chi connectivity index (χ1n) is 7.71. The van der Waals surface area contributed by atoms with Gasteiger partial charge in [0.05, 0.1) is 12.2 Å². The van der Waals surface area contributed by atoms with E-state index in [1.165, 1.54) is 22.2 Å². The second-order valence-electron chi connectivity index (χ2n) is 5.44. The van der Waals surface area contributed by atoms with Crippen LogP contribution in [0.4, 0.5) is 0 Å². The minimum Gasteiger partial charge on any atom is -0.304 e. The lowest BCUT2D eigenvalue weighted by atomic mass is 10.3. The van der Waals surface area contributed by atoms with Crippen LogP contribution < -0.4 is 5.56 Å². The minimum absolute atomic E-state index is 0.170. The number of aromatic nitrogens is 7. The fraction of sp³-hybridized carbons (Fsp3) is 0.125. The van der Waals surface area contributed by atoms with E-state index in [1.54, 1.807) is 15.3 Å². The summed E-state index contributed by atoms with van der Waals surface area (Å²) in [5.74, 6) is 0.536. The summed E-state index contributed by atoms with van der Waals surface area (Å²) in [6.07, 6.45) is 3.22. The summed E-state index contributed by atoms with van der Waals surface area (Å²) >= 11 is 6.58. The normalized spacial score (nSPS) is 11.1. The van der Waals surface area contributed by atoms with E-state index in [4.69, 9.17) is 12.2 Å². The third kappa shape index (κ3) is 2.78. The standard InChI is InChI=1S/C16H13N7OS2/c1-2-8-22-14-13(26-16(22)25)15(24)21(10-17-14)9-12-18-19-20-23(12)11-6-4-3-5-7-11/h2-7,10H,1,8-9H2. The molecule has 0 atom stereocenters. The zero-order valence-electron chi connectivity index (χ0n) is 13.5. The summed E-state index contributed by atoms with van der Waals surface area (Å²) in [4.78, 5) is 17.3. The van der Waals surface area contributed by atoms with Gasteiger partial charge in [0, 0.05) is 6.54 Å². The van der Waals surface area contributed by atoms with Crippen LogP contribution in [0.1, 0.15) is 5.82 Å². The van der Waals surface area contributed by atoms with Gasteiger partial charge in [0.25, 0.3) is 5.56 Å². The largest absolute Gasteiger partial charge is 0.304 e. The van der Waals surface area contributed by atoms with Crippen molar-refractivity contribution in [2.24, 2.45) is 0 Å². The van der Waals surface area contributed by atoms with Gasteiger partial charge in [-0.1, -0.05) is 35.6 Å². The molecule has 0 aliphatic rings. The molecule has 26 heavy (non-hydrogen) atoms. The number of thiazole rings is 1. The maximum Gasteiger partial charge on any atom is 0.273 e. The monoisotopic (exact) mass is 383 g/mol. The summed E-state index contributed by atoms with van der Waals surface area (Å²) in [6, 6.07) is 9.50. The average Bonchev–Trinajstić information content (AvgIpc) is 3.24. The fourth-order valence-electron chi connectivity index (χ4n) is 2.60. The first kappa shape index (κ1) is 16.5. The van der Waals surface area contributed by atoms with Gasteiger partial charge in [-0.15, -0.1) is 11.7 Å². The Morgan fingerprint density at radius 3 is 2.85 bits per heavy atom. The quantitative estimate of drug-likeness (QED) is 0.388. The molecule has 0 aliphatic heterocycles. The highest BCUT2D eigenvalue weighted by Crippen LogP contribution is 2.18. The van der Waals surface area contributed by atoms with Crippen molar-refractivity contribution in [1.29, 1.82) is 0 Å². The fourth-order valence-corrected chi connectivity index (χ4v) is 3.92. The van der Waals surface area contributed by atoms with E-state index in [2.05, 4.69) is 27.1 Å². The molecule has 4 aromatic rings. The molecule has 1 aromatic carbocycles. The molecule has 8 nitrogen and oxygen atoms in total. The van der Waals surface area contributed by atoms with Crippen LogP contribution in [-0.4, -0.2) is 34.3 Å². The highest BCUT2D eigenvalue weighted by molar-refractivity contribution is 7.73. The van der Waals surface area contributed by atoms with Crippen molar-refractivity contribution in [3.8, 4) is 5.69 Å². The highest BCUT2D eigenvalue weighted by Gasteiger charge is 2.14. The Hall–Kier alpha value is -2.98. The molecule has 0 fully saturated rings. The van der Waals surface area contributed by atoms with Crippen molar-refractivity contribution in [2.75, 3.05) is 0 Å². The Morgan fingerprint density at radius 2 is 2.08 bits per heavy atom. The van der Waals surface area contributed by atoms with Crippen LogP contribution in [0.2, 0.25) is 0 Å². The van der Waals surface area contributed by atoms with Crippen molar-refractivity contribution in [3.63, 3.8) is 0 Å². The van der Waals surface area contributed by atoms with E-state index in [0.29, 0.717) is 26.7 Å². The van der Waals surface area contributed by atoms with Gasteiger partial charge in [-0.3, -0.25) is 9.36 Å². The van der Waals surface area contributed by atoms with Gasteiger partial charge >= 0.3 is 0 Å².